The second-order valence-corrected chi connectivity index (χ2v) is 18.3. The van der Waals surface area contributed by atoms with Gasteiger partial charge in [-0.1, -0.05) is 170 Å². The summed E-state index contributed by atoms with van der Waals surface area (Å²) in [5.74, 6) is 3.38. The molecule has 0 atom stereocenters. The van der Waals surface area contributed by atoms with E-state index >= 15 is 0 Å². The third-order valence-electron chi connectivity index (χ3n) is 12.9. The molecule has 78 heavy (non-hydrogen) atoms. The SMILES string of the molecule is c1ccc(N2N=C(CCCCC3=NN(c4ccccc4)N(c4ccccc4)N3)NN2c2ccccc2)cc1.c1ccc(N2N=C(c3ccc(C4=NN(c5ccccc5)N(c5ccccc5)N4)cc3)NN2c2ccccc2)cc1. The summed E-state index contributed by atoms with van der Waals surface area (Å²) in [6.07, 6.45) is 3.64. The zero-order valence-corrected chi connectivity index (χ0v) is 42.6. The molecule has 384 valence electrons. The van der Waals surface area contributed by atoms with E-state index in [0.717, 1.165) is 106 Å². The highest BCUT2D eigenvalue weighted by Gasteiger charge is 2.30. The third-order valence-corrected chi connectivity index (χ3v) is 12.9. The Balaban J connectivity index is 0.000000156. The Morgan fingerprint density at radius 1 is 0.231 bits per heavy atom. The minimum Gasteiger partial charge on any atom is -0.263 e. The first-order chi connectivity index (χ1) is 38.7. The zero-order valence-electron chi connectivity index (χ0n) is 42.6. The normalized spacial score (nSPS) is 14.6. The van der Waals surface area contributed by atoms with Crippen molar-refractivity contribution in [3.8, 4) is 0 Å². The van der Waals surface area contributed by atoms with Crippen LogP contribution in [0.5, 0.6) is 0 Å². The van der Waals surface area contributed by atoms with E-state index in [-0.39, 0.29) is 0 Å². The minimum absolute atomic E-state index is 0.748. The van der Waals surface area contributed by atoms with Crippen molar-refractivity contribution >= 4 is 68.8 Å². The number of benzene rings is 9. The molecule has 0 unspecified atom stereocenters. The Bertz CT molecular complexity index is 3250. The highest BCUT2D eigenvalue weighted by Crippen LogP contribution is 2.30. The maximum absolute atomic E-state index is 4.92. The molecule has 4 aliphatic rings. The maximum Gasteiger partial charge on any atom is 0.176 e. The van der Waals surface area contributed by atoms with Crippen LogP contribution in [0.3, 0.4) is 0 Å². The van der Waals surface area contributed by atoms with Crippen LogP contribution >= 0.6 is 0 Å². The van der Waals surface area contributed by atoms with Gasteiger partial charge in [0, 0.05) is 24.0 Å². The Hall–Kier alpha value is -10.7. The van der Waals surface area contributed by atoms with Gasteiger partial charge in [-0.15, -0.1) is 20.4 Å². The second-order valence-electron chi connectivity index (χ2n) is 18.3. The quantitative estimate of drug-likeness (QED) is 0.0731. The number of unbranched alkanes of at least 4 members (excludes halogenated alkanes) is 1. The number of nitrogens with one attached hydrogen (secondary N) is 4. The van der Waals surface area contributed by atoms with Crippen LogP contribution in [0.2, 0.25) is 0 Å². The topological polar surface area (TPSA) is 123 Å². The van der Waals surface area contributed by atoms with Crippen molar-refractivity contribution in [3.63, 3.8) is 0 Å². The van der Waals surface area contributed by atoms with E-state index in [9.17, 15) is 0 Å². The van der Waals surface area contributed by atoms with Gasteiger partial charge in [0.05, 0.1) is 45.5 Å². The van der Waals surface area contributed by atoms with Crippen molar-refractivity contribution in [2.75, 3.05) is 40.9 Å². The summed E-state index contributed by atoms with van der Waals surface area (Å²) in [6.45, 7) is 0. The van der Waals surface area contributed by atoms with Gasteiger partial charge in [0.15, 0.2) is 11.7 Å². The molecule has 0 spiro atoms. The van der Waals surface area contributed by atoms with Crippen molar-refractivity contribution in [2.45, 2.75) is 25.7 Å². The Kier molecular flexibility index (Phi) is 14.1. The fraction of sp³-hybridized carbons (Fsp3) is 0.0645. The van der Waals surface area contributed by atoms with Crippen molar-refractivity contribution in [1.82, 2.24) is 21.7 Å². The number of amidine groups is 4. The van der Waals surface area contributed by atoms with Gasteiger partial charge in [0.25, 0.3) is 0 Å². The molecule has 4 heterocycles. The molecule has 0 aromatic heterocycles. The molecule has 0 radical (unpaired) electrons. The molecule has 9 aromatic carbocycles. The molecule has 16 nitrogen and oxygen atoms in total. The highest BCUT2D eigenvalue weighted by atomic mass is 16.0. The number of rotatable bonds is 15. The first-order valence-electron chi connectivity index (χ1n) is 26.0. The predicted molar refractivity (Wildman–Crippen MR) is 317 cm³/mol. The molecule has 0 amide bonds. The van der Waals surface area contributed by atoms with E-state index in [1.165, 1.54) is 0 Å². The van der Waals surface area contributed by atoms with Gasteiger partial charge < -0.3 is 0 Å². The summed E-state index contributed by atoms with van der Waals surface area (Å²) < 4.78 is 0. The number of para-hydroxylation sites is 8. The summed E-state index contributed by atoms with van der Waals surface area (Å²) in [6, 6.07) is 89.5. The highest BCUT2D eigenvalue weighted by molar-refractivity contribution is 6.05. The van der Waals surface area contributed by atoms with E-state index in [2.05, 4.69) is 94.5 Å². The molecule has 16 heteroatoms. The number of hydrogen-bond acceptors (Lipinski definition) is 16. The number of anilines is 8. The van der Waals surface area contributed by atoms with Gasteiger partial charge in [0.2, 0.25) is 0 Å². The molecule has 9 aromatic rings. The molecular formula is C62H56N16. The Labute approximate surface area is 453 Å². The number of hydrogen-bond donors (Lipinski definition) is 4. The molecule has 0 saturated carbocycles. The maximum atomic E-state index is 4.92. The van der Waals surface area contributed by atoms with Crippen LogP contribution in [0.1, 0.15) is 36.8 Å². The predicted octanol–water partition coefficient (Wildman–Crippen LogP) is 12.0. The lowest BCUT2D eigenvalue weighted by Crippen LogP contribution is -2.44. The fourth-order valence-corrected chi connectivity index (χ4v) is 9.06. The largest absolute Gasteiger partial charge is 0.263 e. The van der Waals surface area contributed by atoms with E-state index in [4.69, 9.17) is 20.4 Å². The standard InChI is InChI=1S/C32H26N8.C30H30N8/c1-5-13-27(14-6-1)37-33-31(34-38(37)28-15-7-2-8-16-28)25-21-23-26(24-22-25)32-35-39(29-17-9-3-10-18-29)40(36-32)30-19-11-4-12-20-30;1-5-15-25(16-6-1)35-31-29(32-36(35)26-17-7-2-8-18-26)23-13-14-24-30-33-37(27-19-9-3-10-20-27)38(34-30)28-21-11-4-12-22-28/h1-24H,(H,33,34)(H,35,36);1-12,15-22H,13-14,23-24H2,(H,31,32)(H,33,34). The van der Waals surface area contributed by atoms with E-state index in [1.807, 2.05) is 235 Å². The molecular weight excluding hydrogens is 969 g/mol. The number of hydrazine groups is 8. The zero-order chi connectivity index (χ0) is 52.3. The van der Waals surface area contributed by atoms with E-state index in [0.29, 0.717) is 0 Å². The van der Waals surface area contributed by atoms with Gasteiger partial charge in [-0.2, -0.15) is 40.9 Å². The second kappa shape index (κ2) is 22.8. The van der Waals surface area contributed by atoms with Crippen molar-refractivity contribution in [2.24, 2.45) is 20.4 Å². The van der Waals surface area contributed by atoms with E-state index in [1.54, 1.807) is 0 Å². The number of hydrazone groups is 4. The van der Waals surface area contributed by atoms with Gasteiger partial charge in [-0.25, -0.2) is 0 Å². The van der Waals surface area contributed by atoms with Crippen LogP contribution in [0.25, 0.3) is 0 Å². The van der Waals surface area contributed by atoms with Crippen molar-refractivity contribution < 1.29 is 0 Å². The lowest BCUT2D eigenvalue weighted by atomic mass is 10.1. The lowest BCUT2D eigenvalue weighted by Gasteiger charge is -2.27. The van der Waals surface area contributed by atoms with Gasteiger partial charge in [-0.3, -0.25) is 21.7 Å². The molecule has 0 aliphatic carbocycles. The summed E-state index contributed by atoms with van der Waals surface area (Å²) in [4.78, 5) is 0. The molecule has 0 fully saturated rings. The summed E-state index contributed by atoms with van der Waals surface area (Å²) in [5, 5.41) is 35.1. The van der Waals surface area contributed by atoms with Gasteiger partial charge in [-0.05, 0) is 110 Å². The van der Waals surface area contributed by atoms with Gasteiger partial charge >= 0.3 is 0 Å². The van der Waals surface area contributed by atoms with Crippen LogP contribution in [-0.2, 0) is 0 Å². The Morgan fingerprint density at radius 2 is 0.449 bits per heavy atom. The minimum atomic E-state index is 0.748. The van der Waals surface area contributed by atoms with Gasteiger partial charge in [0.1, 0.15) is 11.7 Å². The lowest BCUT2D eigenvalue weighted by molar-refractivity contribution is 0.743. The first-order valence-corrected chi connectivity index (χ1v) is 26.0. The molecule has 4 aliphatic heterocycles. The van der Waals surface area contributed by atoms with Crippen LogP contribution in [0.15, 0.2) is 287 Å². The number of nitrogens with zero attached hydrogens (tertiary/aromatic N) is 12. The summed E-state index contributed by atoms with van der Waals surface area (Å²) >= 11 is 0. The van der Waals surface area contributed by atoms with Crippen LogP contribution in [-0.4, -0.2) is 23.3 Å². The average Bonchev–Trinajstić information content (AvgIpc) is 4.40. The third kappa shape index (κ3) is 10.8. The summed E-state index contributed by atoms with van der Waals surface area (Å²) in [7, 11) is 0. The molecule has 13 rings (SSSR count). The van der Waals surface area contributed by atoms with E-state index < -0.39 is 0 Å². The van der Waals surface area contributed by atoms with Crippen molar-refractivity contribution in [1.29, 1.82) is 0 Å². The monoisotopic (exact) mass is 1020 g/mol. The molecule has 0 saturated heterocycles. The van der Waals surface area contributed by atoms with Crippen LogP contribution in [0.4, 0.5) is 45.5 Å². The van der Waals surface area contributed by atoms with Crippen LogP contribution in [0, 0.1) is 0 Å². The molecule has 0 bridgehead atoms. The smallest absolute Gasteiger partial charge is 0.176 e. The Morgan fingerprint density at radius 3 is 0.705 bits per heavy atom. The molecule has 4 N–H and O–H groups in total. The fourth-order valence-electron chi connectivity index (χ4n) is 9.06. The average molecular weight is 1030 g/mol. The summed E-state index contributed by atoms with van der Waals surface area (Å²) in [5.41, 5.74) is 23.8. The van der Waals surface area contributed by atoms with Crippen molar-refractivity contribution in [3.05, 3.63) is 278 Å². The van der Waals surface area contributed by atoms with Crippen LogP contribution < -0.4 is 62.6 Å². The first kappa shape index (κ1) is 48.2.